The number of aromatic nitrogens is 1. The van der Waals surface area contributed by atoms with E-state index >= 15 is 0 Å². The van der Waals surface area contributed by atoms with Crippen LogP contribution in [0.25, 0.3) is 10.9 Å². The molecular formula is C27H31N5O3S. The van der Waals surface area contributed by atoms with Gasteiger partial charge in [-0.1, -0.05) is 42.5 Å². The van der Waals surface area contributed by atoms with Crippen LogP contribution in [-0.2, 0) is 16.6 Å². The molecule has 4 aromatic rings. The first-order valence-electron chi connectivity index (χ1n) is 11.6. The normalized spacial score (nSPS) is 12.4. The Morgan fingerprint density at radius 1 is 0.972 bits per heavy atom. The fourth-order valence-corrected chi connectivity index (χ4v) is 4.95. The van der Waals surface area contributed by atoms with Crippen molar-refractivity contribution in [2.45, 2.75) is 6.54 Å². The molecule has 3 aromatic carbocycles. The van der Waals surface area contributed by atoms with Crippen molar-refractivity contribution in [2.24, 2.45) is 10.7 Å². The number of aromatic amines is 1. The molecule has 0 aliphatic rings. The number of rotatable bonds is 9. The van der Waals surface area contributed by atoms with Gasteiger partial charge in [0.2, 0.25) is 10.0 Å². The molecule has 4 rings (SSSR count). The quantitative estimate of drug-likeness (QED) is 0.299. The summed E-state index contributed by atoms with van der Waals surface area (Å²) in [5, 5.41) is 11.7. The van der Waals surface area contributed by atoms with Crippen LogP contribution >= 0.6 is 0 Å². The number of nitrogens with one attached hydrogen (secondary N) is 1. The lowest BCUT2D eigenvalue weighted by Crippen LogP contribution is -2.35. The predicted molar refractivity (Wildman–Crippen MR) is 147 cm³/mol. The summed E-state index contributed by atoms with van der Waals surface area (Å²) in [4.78, 5) is 9.87. The van der Waals surface area contributed by atoms with Gasteiger partial charge >= 0.3 is 0 Å². The highest BCUT2D eigenvalue weighted by Crippen LogP contribution is 2.32. The number of aromatic hydroxyl groups is 1. The highest BCUT2D eigenvalue weighted by atomic mass is 32.2. The largest absolute Gasteiger partial charge is 0.494 e. The van der Waals surface area contributed by atoms with E-state index in [1.165, 1.54) is 10.6 Å². The Morgan fingerprint density at radius 3 is 2.25 bits per heavy atom. The van der Waals surface area contributed by atoms with E-state index < -0.39 is 10.0 Å². The maximum atomic E-state index is 12.4. The zero-order valence-corrected chi connectivity index (χ0v) is 21.5. The molecule has 0 fully saturated rings. The Kier molecular flexibility index (Phi) is 7.44. The third-order valence-corrected chi connectivity index (χ3v) is 7.11. The van der Waals surface area contributed by atoms with Gasteiger partial charge in [-0.15, -0.1) is 0 Å². The zero-order valence-electron chi connectivity index (χ0n) is 20.6. The lowest BCUT2D eigenvalue weighted by Gasteiger charge is -2.24. The van der Waals surface area contributed by atoms with E-state index in [1.54, 1.807) is 24.3 Å². The number of nitrogens with zero attached hydrogens (tertiary/aromatic N) is 3. The van der Waals surface area contributed by atoms with Gasteiger partial charge in [0, 0.05) is 36.1 Å². The van der Waals surface area contributed by atoms with Gasteiger partial charge in [-0.25, -0.2) is 13.4 Å². The second-order valence-corrected chi connectivity index (χ2v) is 10.8. The molecule has 0 saturated carbocycles. The Bertz CT molecular complexity index is 1470. The third kappa shape index (κ3) is 5.59. The van der Waals surface area contributed by atoms with Crippen LogP contribution in [0.15, 0.2) is 77.8 Å². The minimum Gasteiger partial charge on any atom is -0.494 e. The van der Waals surface area contributed by atoms with Gasteiger partial charge in [0.05, 0.1) is 28.9 Å². The fourth-order valence-electron chi connectivity index (χ4n) is 4.03. The number of H-pyrrole nitrogens is 1. The van der Waals surface area contributed by atoms with E-state index in [4.69, 9.17) is 10.7 Å². The summed E-state index contributed by atoms with van der Waals surface area (Å²) in [6.07, 6.45) is 1.21. The predicted octanol–water partition coefficient (Wildman–Crippen LogP) is 3.83. The van der Waals surface area contributed by atoms with Gasteiger partial charge in [0.25, 0.3) is 0 Å². The van der Waals surface area contributed by atoms with Gasteiger partial charge in [0.1, 0.15) is 0 Å². The SMILES string of the molecule is CN(C)CCN(c1ccc(N=C(c2ccc(CN)cc2)c2c(O)[nH]c3ccccc23)cc1)S(C)(=O)=O. The first-order chi connectivity index (χ1) is 17.2. The summed E-state index contributed by atoms with van der Waals surface area (Å²) in [5.41, 5.74) is 10.8. The number of aliphatic imine (C=N–C) groups is 1. The number of nitrogens with two attached hydrogens (primary N) is 1. The molecule has 9 heteroatoms. The maximum Gasteiger partial charge on any atom is 0.232 e. The summed E-state index contributed by atoms with van der Waals surface area (Å²) >= 11 is 0. The smallest absolute Gasteiger partial charge is 0.232 e. The van der Waals surface area contributed by atoms with Crippen LogP contribution < -0.4 is 10.0 Å². The standard InChI is InChI=1S/C27H31N5O3S/c1-31(2)16-17-32(36(3,34)35)22-14-12-21(13-15-22)29-26(20-10-8-19(18-28)9-11-20)25-23-6-4-5-7-24(23)30-27(25)33/h4-15,30,33H,16-18,28H2,1-3H3. The number of benzene rings is 3. The van der Waals surface area contributed by atoms with Gasteiger partial charge in [-0.3, -0.25) is 4.31 Å². The molecule has 1 heterocycles. The molecule has 8 nitrogen and oxygen atoms in total. The molecule has 0 spiro atoms. The molecule has 0 saturated heterocycles. The number of likely N-dealkylation sites (N-methyl/N-ethyl adjacent to an activating group) is 1. The van der Waals surface area contributed by atoms with Crippen LogP contribution in [0.3, 0.4) is 0 Å². The number of para-hydroxylation sites is 1. The van der Waals surface area contributed by atoms with Crippen molar-refractivity contribution in [1.82, 2.24) is 9.88 Å². The van der Waals surface area contributed by atoms with Crippen LogP contribution in [-0.4, -0.2) is 62.6 Å². The molecule has 0 amide bonds. The van der Waals surface area contributed by atoms with Crippen molar-refractivity contribution in [3.05, 3.63) is 89.5 Å². The monoisotopic (exact) mass is 505 g/mol. The molecule has 4 N–H and O–H groups in total. The number of hydrogen-bond acceptors (Lipinski definition) is 6. The van der Waals surface area contributed by atoms with Crippen molar-refractivity contribution < 1.29 is 13.5 Å². The van der Waals surface area contributed by atoms with Crippen LogP contribution in [0.5, 0.6) is 5.88 Å². The van der Waals surface area contributed by atoms with Crippen LogP contribution in [0.2, 0.25) is 0 Å². The number of anilines is 1. The first-order valence-corrected chi connectivity index (χ1v) is 13.4. The molecule has 0 aliphatic heterocycles. The summed E-state index contributed by atoms with van der Waals surface area (Å²) in [6, 6.07) is 22.5. The first kappa shape index (κ1) is 25.4. The lowest BCUT2D eigenvalue weighted by atomic mass is 9.99. The van der Waals surface area contributed by atoms with Crippen molar-refractivity contribution in [3.63, 3.8) is 0 Å². The molecule has 0 unspecified atom stereocenters. The molecule has 36 heavy (non-hydrogen) atoms. The summed E-state index contributed by atoms with van der Waals surface area (Å²) in [6.45, 7) is 1.36. The molecule has 1 aromatic heterocycles. The Hall–Kier alpha value is -3.66. The van der Waals surface area contributed by atoms with E-state index in [2.05, 4.69) is 4.98 Å². The fraction of sp³-hybridized carbons (Fsp3) is 0.222. The maximum absolute atomic E-state index is 12.4. The van der Waals surface area contributed by atoms with Gasteiger partial charge < -0.3 is 20.7 Å². The van der Waals surface area contributed by atoms with Gasteiger partial charge in [-0.2, -0.15) is 0 Å². The highest BCUT2D eigenvalue weighted by molar-refractivity contribution is 7.92. The van der Waals surface area contributed by atoms with Gasteiger partial charge in [-0.05, 0) is 50.0 Å². The third-order valence-electron chi connectivity index (χ3n) is 5.92. The molecular weight excluding hydrogens is 474 g/mol. The molecule has 0 atom stereocenters. The summed E-state index contributed by atoms with van der Waals surface area (Å²) < 4.78 is 26.2. The number of sulfonamides is 1. The van der Waals surface area contributed by atoms with Crippen LogP contribution in [0.1, 0.15) is 16.7 Å². The van der Waals surface area contributed by atoms with E-state index in [9.17, 15) is 13.5 Å². The van der Waals surface area contributed by atoms with Crippen molar-refractivity contribution in [2.75, 3.05) is 37.7 Å². The van der Waals surface area contributed by atoms with Crippen LogP contribution in [0.4, 0.5) is 11.4 Å². The molecule has 0 bridgehead atoms. The molecule has 188 valence electrons. The average Bonchev–Trinajstić information content (AvgIpc) is 3.18. The Morgan fingerprint density at radius 2 is 1.64 bits per heavy atom. The number of hydrogen-bond donors (Lipinski definition) is 3. The van der Waals surface area contributed by atoms with Gasteiger partial charge in [0.15, 0.2) is 5.88 Å². The van der Waals surface area contributed by atoms with E-state index in [-0.39, 0.29) is 5.88 Å². The minimum absolute atomic E-state index is 0.0291. The average molecular weight is 506 g/mol. The molecule has 0 aliphatic carbocycles. The van der Waals surface area contributed by atoms with E-state index in [0.29, 0.717) is 42.3 Å². The number of fused-ring (bicyclic) bond motifs is 1. The summed E-state index contributed by atoms with van der Waals surface area (Å²) in [7, 11) is 0.364. The van der Waals surface area contributed by atoms with Crippen molar-refractivity contribution in [1.29, 1.82) is 0 Å². The second-order valence-electron chi connectivity index (χ2n) is 8.91. The Balaban J connectivity index is 1.79. The summed E-state index contributed by atoms with van der Waals surface area (Å²) in [5.74, 6) is 0.0291. The van der Waals surface area contributed by atoms with Crippen molar-refractivity contribution in [3.8, 4) is 5.88 Å². The topological polar surface area (TPSA) is 115 Å². The molecule has 0 radical (unpaired) electrons. The zero-order chi connectivity index (χ0) is 25.9. The van der Waals surface area contributed by atoms with Crippen molar-refractivity contribution >= 4 is 38.0 Å². The van der Waals surface area contributed by atoms with E-state index in [1.807, 2.05) is 67.5 Å². The lowest BCUT2D eigenvalue weighted by molar-refractivity contribution is 0.419. The Labute approximate surface area is 211 Å². The highest BCUT2D eigenvalue weighted by Gasteiger charge is 2.20. The van der Waals surface area contributed by atoms with E-state index in [0.717, 1.165) is 22.0 Å². The van der Waals surface area contributed by atoms with Crippen LogP contribution in [0, 0.1) is 0 Å². The second kappa shape index (κ2) is 10.5. The minimum atomic E-state index is -3.44.